The van der Waals surface area contributed by atoms with E-state index in [4.69, 9.17) is 0 Å². The molecule has 4 rings (SSSR count). The van der Waals surface area contributed by atoms with Gasteiger partial charge in [0.25, 0.3) is 5.56 Å². The number of piperidine rings is 1. The standard InChI is InChI=1S/C26H36N6O2/c1-5-21-7-9-22(10-8-21)23-14-24-26(34)31(28-20(4)32(24)29-23)17-25(33)27-11-6-12-30-15-18(2)13-19(3)16-30/h7-10,14,18-19H,5-6,11-13,15-17H2,1-4H3,(H,27,33)/t18-,19-/m0/s1. The zero-order valence-corrected chi connectivity index (χ0v) is 20.8. The van der Waals surface area contributed by atoms with Crippen molar-refractivity contribution in [3.8, 4) is 11.3 Å². The van der Waals surface area contributed by atoms with E-state index in [0.717, 1.165) is 49.9 Å². The summed E-state index contributed by atoms with van der Waals surface area (Å²) in [5.41, 5.74) is 3.01. The minimum Gasteiger partial charge on any atom is -0.354 e. The quantitative estimate of drug-likeness (QED) is 0.518. The number of rotatable bonds is 8. The van der Waals surface area contributed by atoms with Crippen LogP contribution in [0.4, 0.5) is 0 Å². The highest BCUT2D eigenvalue weighted by atomic mass is 16.2. The van der Waals surface area contributed by atoms with E-state index in [1.807, 2.05) is 12.1 Å². The molecule has 0 aliphatic carbocycles. The van der Waals surface area contributed by atoms with E-state index in [1.165, 1.54) is 16.7 Å². The minimum atomic E-state index is -0.319. The Hall–Kier alpha value is -3.00. The third kappa shape index (κ3) is 5.55. The Morgan fingerprint density at radius 1 is 1.12 bits per heavy atom. The van der Waals surface area contributed by atoms with Crippen molar-refractivity contribution < 1.29 is 4.79 Å². The molecule has 1 amide bonds. The Morgan fingerprint density at radius 2 is 1.82 bits per heavy atom. The molecule has 34 heavy (non-hydrogen) atoms. The average molecular weight is 465 g/mol. The maximum Gasteiger partial charge on any atom is 0.293 e. The number of aryl methyl sites for hydroxylation is 2. The summed E-state index contributed by atoms with van der Waals surface area (Å²) in [6, 6.07) is 9.94. The normalized spacial score (nSPS) is 18.9. The summed E-state index contributed by atoms with van der Waals surface area (Å²) in [5, 5.41) is 11.8. The van der Waals surface area contributed by atoms with Crippen molar-refractivity contribution in [2.24, 2.45) is 11.8 Å². The topological polar surface area (TPSA) is 84.5 Å². The van der Waals surface area contributed by atoms with Gasteiger partial charge in [0, 0.05) is 25.2 Å². The van der Waals surface area contributed by atoms with Crippen LogP contribution in [-0.4, -0.2) is 56.4 Å². The first-order chi connectivity index (χ1) is 16.3. The number of fused-ring (bicyclic) bond motifs is 1. The van der Waals surface area contributed by atoms with Crippen LogP contribution in [0.2, 0.25) is 0 Å². The van der Waals surface area contributed by atoms with Gasteiger partial charge in [0.15, 0.2) is 0 Å². The van der Waals surface area contributed by atoms with Gasteiger partial charge in [-0.3, -0.25) is 9.59 Å². The van der Waals surface area contributed by atoms with Gasteiger partial charge in [-0.2, -0.15) is 10.2 Å². The highest BCUT2D eigenvalue weighted by Crippen LogP contribution is 2.21. The van der Waals surface area contributed by atoms with Gasteiger partial charge < -0.3 is 10.2 Å². The van der Waals surface area contributed by atoms with Gasteiger partial charge in [0.2, 0.25) is 5.91 Å². The molecule has 8 heteroatoms. The Morgan fingerprint density at radius 3 is 2.50 bits per heavy atom. The van der Waals surface area contributed by atoms with E-state index in [-0.39, 0.29) is 18.0 Å². The number of aromatic nitrogens is 4. The molecule has 2 aromatic heterocycles. The molecule has 0 unspecified atom stereocenters. The van der Waals surface area contributed by atoms with Crippen molar-refractivity contribution >= 4 is 11.4 Å². The van der Waals surface area contributed by atoms with Gasteiger partial charge in [0.05, 0.1) is 5.69 Å². The fourth-order valence-electron chi connectivity index (χ4n) is 5.03. The molecule has 1 aromatic carbocycles. The molecule has 1 aliphatic heterocycles. The van der Waals surface area contributed by atoms with E-state index in [2.05, 4.69) is 53.3 Å². The molecule has 0 saturated carbocycles. The van der Waals surface area contributed by atoms with Crippen LogP contribution in [0, 0.1) is 18.8 Å². The van der Waals surface area contributed by atoms with Crippen LogP contribution in [0.3, 0.4) is 0 Å². The number of hydrogen-bond donors (Lipinski definition) is 1. The Kier molecular flexibility index (Phi) is 7.46. The van der Waals surface area contributed by atoms with E-state index in [9.17, 15) is 9.59 Å². The lowest BCUT2D eigenvalue weighted by atomic mass is 9.92. The number of benzene rings is 1. The molecule has 3 aromatic rings. The van der Waals surface area contributed by atoms with Crippen LogP contribution >= 0.6 is 0 Å². The highest BCUT2D eigenvalue weighted by molar-refractivity contribution is 5.75. The van der Waals surface area contributed by atoms with Gasteiger partial charge in [-0.15, -0.1) is 0 Å². The number of likely N-dealkylation sites (tertiary alicyclic amines) is 1. The van der Waals surface area contributed by atoms with E-state index in [0.29, 0.717) is 23.6 Å². The summed E-state index contributed by atoms with van der Waals surface area (Å²) in [4.78, 5) is 28.0. The van der Waals surface area contributed by atoms with E-state index in [1.54, 1.807) is 17.5 Å². The monoisotopic (exact) mass is 464 g/mol. The van der Waals surface area contributed by atoms with Crippen molar-refractivity contribution in [1.82, 2.24) is 29.6 Å². The maximum atomic E-state index is 13.0. The second kappa shape index (κ2) is 10.5. The molecular weight excluding hydrogens is 428 g/mol. The summed E-state index contributed by atoms with van der Waals surface area (Å²) in [6.07, 6.45) is 3.16. The number of carbonyl (C=O) groups is 1. The average Bonchev–Trinajstić information content (AvgIpc) is 3.26. The Labute approximate surface area is 201 Å². The van der Waals surface area contributed by atoms with Gasteiger partial charge in [0.1, 0.15) is 17.9 Å². The Bertz CT molecular complexity index is 1190. The maximum absolute atomic E-state index is 13.0. The summed E-state index contributed by atoms with van der Waals surface area (Å²) in [7, 11) is 0. The molecule has 1 fully saturated rings. The molecule has 1 aliphatic rings. The van der Waals surface area contributed by atoms with Crippen LogP contribution in [0.15, 0.2) is 35.1 Å². The van der Waals surface area contributed by atoms with Gasteiger partial charge in [-0.05, 0) is 56.2 Å². The van der Waals surface area contributed by atoms with Crippen LogP contribution in [0.25, 0.3) is 16.8 Å². The fraction of sp³-hybridized carbons (Fsp3) is 0.538. The SMILES string of the molecule is CCc1ccc(-c2cc3c(=O)n(CC(=O)NCCCN4C[C@@H](C)C[C@H](C)C4)nc(C)n3n2)cc1. The summed E-state index contributed by atoms with van der Waals surface area (Å²) < 4.78 is 2.79. The third-order valence-electron chi connectivity index (χ3n) is 6.60. The smallest absolute Gasteiger partial charge is 0.293 e. The molecule has 2 atom stereocenters. The summed E-state index contributed by atoms with van der Waals surface area (Å²) >= 11 is 0. The number of nitrogens with one attached hydrogen (secondary N) is 1. The highest BCUT2D eigenvalue weighted by Gasteiger charge is 2.21. The summed E-state index contributed by atoms with van der Waals surface area (Å²) in [5.74, 6) is 1.82. The van der Waals surface area contributed by atoms with Crippen molar-refractivity contribution in [3.63, 3.8) is 0 Å². The van der Waals surface area contributed by atoms with Gasteiger partial charge >= 0.3 is 0 Å². The van der Waals surface area contributed by atoms with Crippen molar-refractivity contribution in [2.75, 3.05) is 26.2 Å². The minimum absolute atomic E-state index is 0.0976. The molecule has 182 valence electrons. The lowest BCUT2D eigenvalue weighted by Gasteiger charge is -2.34. The zero-order valence-electron chi connectivity index (χ0n) is 20.8. The number of hydrogen-bond acceptors (Lipinski definition) is 5. The van der Waals surface area contributed by atoms with Crippen molar-refractivity contribution in [3.05, 3.63) is 52.1 Å². The third-order valence-corrected chi connectivity index (χ3v) is 6.60. The molecular formula is C26H36N6O2. The second-order valence-corrected chi connectivity index (χ2v) is 9.80. The molecule has 3 heterocycles. The molecule has 1 saturated heterocycles. The zero-order chi connectivity index (χ0) is 24.2. The van der Waals surface area contributed by atoms with Crippen molar-refractivity contribution in [2.45, 2.75) is 53.5 Å². The first-order valence-electron chi connectivity index (χ1n) is 12.4. The predicted molar refractivity (Wildman–Crippen MR) is 134 cm³/mol. The van der Waals surface area contributed by atoms with E-state index < -0.39 is 0 Å². The lowest BCUT2D eigenvalue weighted by Crippen LogP contribution is -2.40. The summed E-state index contributed by atoms with van der Waals surface area (Å²) in [6.45, 7) is 12.3. The van der Waals surface area contributed by atoms with Crippen LogP contribution in [0.1, 0.15) is 45.0 Å². The van der Waals surface area contributed by atoms with Crippen LogP contribution in [-0.2, 0) is 17.8 Å². The lowest BCUT2D eigenvalue weighted by molar-refractivity contribution is -0.121. The molecule has 1 N–H and O–H groups in total. The molecule has 0 radical (unpaired) electrons. The molecule has 0 spiro atoms. The predicted octanol–water partition coefficient (Wildman–Crippen LogP) is 2.91. The largest absolute Gasteiger partial charge is 0.354 e. The molecule has 0 bridgehead atoms. The molecule has 8 nitrogen and oxygen atoms in total. The number of nitrogens with zero attached hydrogens (tertiary/aromatic N) is 5. The first-order valence-corrected chi connectivity index (χ1v) is 12.4. The number of carbonyl (C=O) groups excluding carboxylic acids is 1. The van der Waals surface area contributed by atoms with Crippen molar-refractivity contribution in [1.29, 1.82) is 0 Å². The first kappa shape index (κ1) is 24.1. The van der Waals surface area contributed by atoms with E-state index >= 15 is 0 Å². The van der Waals surface area contributed by atoms with Crippen LogP contribution < -0.4 is 10.9 Å². The van der Waals surface area contributed by atoms with Crippen LogP contribution in [0.5, 0.6) is 0 Å². The Balaban J connectivity index is 1.38. The fourth-order valence-corrected chi connectivity index (χ4v) is 5.03. The number of amides is 1. The van der Waals surface area contributed by atoms with Gasteiger partial charge in [-0.1, -0.05) is 45.0 Å². The van der Waals surface area contributed by atoms with Gasteiger partial charge in [-0.25, -0.2) is 9.20 Å². The second-order valence-electron chi connectivity index (χ2n) is 9.80.